The molecule has 1 aromatic heterocycles. The first-order valence-electron chi connectivity index (χ1n) is 5.40. The van der Waals surface area contributed by atoms with E-state index in [0.29, 0.717) is 4.88 Å². The highest BCUT2D eigenvalue weighted by molar-refractivity contribution is 7.12. The zero-order valence-corrected chi connectivity index (χ0v) is 10.7. The summed E-state index contributed by atoms with van der Waals surface area (Å²) in [5.74, 6) is -0.197. The smallest absolute Gasteiger partial charge is 0.268 e. The van der Waals surface area contributed by atoms with Gasteiger partial charge in [0.15, 0.2) is 0 Å². The molecular formula is C13H13N3OS. The van der Waals surface area contributed by atoms with Gasteiger partial charge < -0.3 is 4.90 Å². The number of nitrogens with zero attached hydrogens (tertiary/aromatic N) is 1. The molecule has 0 saturated carbocycles. The Morgan fingerprint density at radius 2 is 1.94 bits per heavy atom. The van der Waals surface area contributed by atoms with Crippen molar-refractivity contribution in [1.82, 2.24) is 5.32 Å². The van der Waals surface area contributed by atoms with Crippen LogP contribution in [0.3, 0.4) is 0 Å². The van der Waals surface area contributed by atoms with Crippen molar-refractivity contribution in [3.05, 3.63) is 52.7 Å². The maximum Gasteiger partial charge on any atom is 0.268 e. The van der Waals surface area contributed by atoms with Gasteiger partial charge in [-0.15, -0.1) is 11.3 Å². The number of amides is 1. The van der Waals surface area contributed by atoms with Crippen molar-refractivity contribution in [2.45, 2.75) is 0 Å². The van der Waals surface area contributed by atoms with E-state index >= 15 is 0 Å². The van der Waals surface area contributed by atoms with Crippen LogP contribution in [-0.4, -0.2) is 18.9 Å². The zero-order chi connectivity index (χ0) is 13.0. The standard InChI is InChI=1S/C13H13N3OS/c1-16(10-6-3-2-4-7-10)13(14)15-12(17)11-8-5-9-18-11/h2-9H,1H3,(H2,14,15,17). The number of para-hydroxylation sites is 1. The van der Waals surface area contributed by atoms with Crippen molar-refractivity contribution in [3.63, 3.8) is 0 Å². The second kappa shape index (κ2) is 5.46. The molecular weight excluding hydrogens is 246 g/mol. The number of benzene rings is 1. The number of carbonyl (C=O) groups is 1. The van der Waals surface area contributed by atoms with E-state index in [2.05, 4.69) is 5.32 Å². The molecule has 0 radical (unpaired) electrons. The molecule has 0 aliphatic heterocycles. The van der Waals surface area contributed by atoms with Crippen molar-refractivity contribution in [2.24, 2.45) is 0 Å². The Morgan fingerprint density at radius 3 is 2.56 bits per heavy atom. The molecule has 0 saturated heterocycles. The van der Waals surface area contributed by atoms with E-state index in [4.69, 9.17) is 5.41 Å². The number of rotatable bonds is 2. The van der Waals surface area contributed by atoms with Crippen molar-refractivity contribution < 1.29 is 4.79 Å². The molecule has 92 valence electrons. The van der Waals surface area contributed by atoms with Crippen LogP contribution in [0.25, 0.3) is 0 Å². The average molecular weight is 259 g/mol. The molecule has 1 amide bonds. The molecule has 0 unspecified atom stereocenters. The predicted octanol–water partition coefficient (Wildman–Crippen LogP) is 2.55. The SMILES string of the molecule is CN(C(=N)NC(=O)c1cccs1)c1ccccc1. The Bertz CT molecular complexity index is 537. The van der Waals surface area contributed by atoms with Gasteiger partial charge in [0.25, 0.3) is 5.91 Å². The van der Waals surface area contributed by atoms with Gasteiger partial charge in [0.05, 0.1) is 4.88 Å². The summed E-state index contributed by atoms with van der Waals surface area (Å²) < 4.78 is 0. The lowest BCUT2D eigenvalue weighted by molar-refractivity contribution is 0.0980. The molecule has 1 aromatic carbocycles. The number of anilines is 1. The number of hydrogen-bond acceptors (Lipinski definition) is 3. The van der Waals surface area contributed by atoms with Crippen LogP contribution in [-0.2, 0) is 0 Å². The summed E-state index contributed by atoms with van der Waals surface area (Å²) in [7, 11) is 1.74. The van der Waals surface area contributed by atoms with Crippen LogP contribution >= 0.6 is 11.3 Å². The number of nitrogens with one attached hydrogen (secondary N) is 2. The van der Waals surface area contributed by atoms with Crippen LogP contribution in [0.1, 0.15) is 9.67 Å². The molecule has 2 N–H and O–H groups in total. The van der Waals surface area contributed by atoms with Crippen LogP contribution in [0.5, 0.6) is 0 Å². The van der Waals surface area contributed by atoms with Gasteiger partial charge in [-0.2, -0.15) is 0 Å². The summed E-state index contributed by atoms with van der Waals surface area (Å²) in [6.45, 7) is 0. The normalized spacial score (nSPS) is 9.83. The fraction of sp³-hybridized carbons (Fsp3) is 0.0769. The van der Waals surface area contributed by atoms with E-state index < -0.39 is 0 Å². The lowest BCUT2D eigenvalue weighted by Crippen LogP contribution is -2.41. The Morgan fingerprint density at radius 1 is 1.22 bits per heavy atom. The van der Waals surface area contributed by atoms with E-state index in [9.17, 15) is 4.79 Å². The van der Waals surface area contributed by atoms with E-state index in [1.165, 1.54) is 11.3 Å². The third kappa shape index (κ3) is 2.75. The van der Waals surface area contributed by atoms with E-state index in [-0.39, 0.29) is 11.9 Å². The maximum atomic E-state index is 11.8. The second-order valence-corrected chi connectivity index (χ2v) is 4.62. The fourth-order valence-electron chi connectivity index (χ4n) is 1.44. The minimum atomic E-state index is -0.252. The Hall–Kier alpha value is -2.14. The summed E-state index contributed by atoms with van der Waals surface area (Å²) in [5, 5.41) is 12.3. The van der Waals surface area contributed by atoms with Gasteiger partial charge in [-0.1, -0.05) is 24.3 Å². The summed E-state index contributed by atoms with van der Waals surface area (Å²) in [6.07, 6.45) is 0. The number of hydrogen-bond donors (Lipinski definition) is 2. The molecule has 0 fully saturated rings. The summed E-state index contributed by atoms with van der Waals surface area (Å²) in [6, 6.07) is 13.0. The van der Waals surface area contributed by atoms with Crippen molar-refractivity contribution in [1.29, 1.82) is 5.41 Å². The fourth-order valence-corrected chi connectivity index (χ4v) is 2.06. The largest absolute Gasteiger partial charge is 0.316 e. The molecule has 0 aliphatic rings. The lowest BCUT2D eigenvalue weighted by Gasteiger charge is -2.19. The van der Waals surface area contributed by atoms with Gasteiger partial charge in [0, 0.05) is 12.7 Å². The van der Waals surface area contributed by atoms with Crippen molar-refractivity contribution in [2.75, 3.05) is 11.9 Å². The molecule has 0 aliphatic carbocycles. The summed E-state index contributed by atoms with van der Waals surface area (Å²) >= 11 is 1.35. The zero-order valence-electron chi connectivity index (χ0n) is 9.88. The average Bonchev–Trinajstić information content (AvgIpc) is 2.92. The van der Waals surface area contributed by atoms with Crippen LogP contribution in [0.2, 0.25) is 0 Å². The minimum absolute atomic E-state index is 0.0552. The highest BCUT2D eigenvalue weighted by Gasteiger charge is 2.12. The quantitative estimate of drug-likeness (QED) is 0.643. The first kappa shape index (κ1) is 12.3. The molecule has 0 spiro atoms. The highest BCUT2D eigenvalue weighted by atomic mass is 32.1. The predicted molar refractivity (Wildman–Crippen MR) is 74.4 cm³/mol. The number of thiophene rings is 1. The minimum Gasteiger partial charge on any atom is -0.316 e. The van der Waals surface area contributed by atoms with E-state index in [0.717, 1.165) is 5.69 Å². The van der Waals surface area contributed by atoms with Crippen LogP contribution in [0.4, 0.5) is 5.69 Å². The van der Waals surface area contributed by atoms with Gasteiger partial charge in [-0.05, 0) is 23.6 Å². The van der Waals surface area contributed by atoms with Gasteiger partial charge in [-0.3, -0.25) is 15.5 Å². The monoisotopic (exact) mass is 259 g/mol. The van der Waals surface area contributed by atoms with Crippen LogP contribution in [0.15, 0.2) is 47.8 Å². The summed E-state index contributed by atoms with van der Waals surface area (Å²) in [5.41, 5.74) is 0.856. The van der Waals surface area contributed by atoms with Crippen LogP contribution in [0, 0.1) is 5.41 Å². The topological polar surface area (TPSA) is 56.2 Å². The Kier molecular flexibility index (Phi) is 3.74. The molecule has 0 bridgehead atoms. The van der Waals surface area contributed by atoms with E-state index in [1.807, 2.05) is 41.8 Å². The number of carbonyl (C=O) groups excluding carboxylic acids is 1. The number of guanidine groups is 1. The first-order chi connectivity index (χ1) is 8.68. The molecule has 5 heteroatoms. The highest BCUT2D eigenvalue weighted by Crippen LogP contribution is 2.11. The maximum absolute atomic E-state index is 11.8. The molecule has 0 atom stereocenters. The lowest BCUT2D eigenvalue weighted by atomic mass is 10.3. The molecule has 2 aromatic rings. The van der Waals surface area contributed by atoms with Crippen molar-refractivity contribution >= 4 is 28.9 Å². The third-order valence-electron chi connectivity index (χ3n) is 2.46. The molecule has 1 heterocycles. The van der Waals surface area contributed by atoms with Gasteiger partial charge in [-0.25, -0.2) is 0 Å². The van der Waals surface area contributed by atoms with Gasteiger partial charge >= 0.3 is 0 Å². The van der Waals surface area contributed by atoms with Crippen molar-refractivity contribution in [3.8, 4) is 0 Å². The Balaban J connectivity index is 2.02. The molecule has 4 nitrogen and oxygen atoms in total. The molecule has 2 rings (SSSR count). The van der Waals surface area contributed by atoms with Gasteiger partial charge in [0.2, 0.25) is 5.96 Å². The van der Waals surface area contributed by atoms with Gasteiger partial charge in [0.1, 0.15) is 0 Å². The van der Waals surface area contributed by atoms with E-state index in [1.54, 1.807) is 18.0 Å². The Labute approximate surface area is 109 Å². The third-order valence-corrected chi connectivity index (χ3v) is 3.32. The second-order valence-electron chi connectivity index (χ2n) is 3.67. The first-order valence-corrected chi connectivity index (χ1v) is 6.28. The molecule has 18 heavy (non-hydrogen) atoms. The summed E-state index contributed by atoms with van der Waals surface area (Å²) in [4.78, 5) is 14.0. The van der Waals surface area contributed by atoms with Crippen LogP contribution < -0.4 is 10.2 Å².